The number of ether oxygens (including phenoxy) is 2. The molecule has 0 bridgehead atoms. The largest absolute Gasteiger partial charge is 0.493 e. The van der Waals surface area contributed by atoms with Crippen molar-refractivity contribution in [1.29, 1.82) is 0 Å². The van der Waals surface area contributed by atoms with Crippen molar-refractivity contribution in [2.75, 3.05) is 27.3 Å². The smallest absolute Gasteiger partial charge is 0.236 e. The van der Waals surface area contributed by atoms with Crippen LogP contribution in [-0.4, -0.2) is 38.1 Å². The Bertz CT molecular complexity index is 772. The molecule has 0 atom stereocenters. The first-order valence-electron chi connectivity index (χ1n) is 8.88. The van der Waals surface area contributed by atoms with E-state index in [0.717, 1.165) is 24.3 Å². The van der Waals surface area contributed by atoms with Gasteiger partial charge in [-0.05, 0) is 42.2 Å². The maximum atomic E-state index is 12.5. The lowest BCUT2D eigenvalue weighted by Crippen LogP contribution is -2.41. The Labute approximate surface area is 154 Å². The number of benzene rings is 2. The Balaban J connectivity index is 1.57. The quantitative estimate of drug-likeness (QED) is 0.867. The topological polar surface area (TPSA) is 50.8 Å². The summed E-state index contributed by atoms with van der Waals surface area (Å²) in [5, 5.41) is 3.25. The molecule has 5 nitrogen and oxygen atoms in total. The molecule has 1 aliphatic rings. The molecule has 0 radical (unpaired) electrons. The highest BCUT2D eigenvalue weighted by molar-refractivity contribution is 5.78. The van der Waals surface area contributed by atoms with Crippen LogP contribution < -0.4 is 14.8 Å². The molecule has 0 aliphatic carbocycles. The molecule has 1 heterocycles. The van der Waals surface area contributed by atoms with E-state index in [9.17, 15) is 4.79 Å². The zero-order valence-corrected chi connectivity index (χ0v) is 15.7. The molecular weight excluding hydrogens is 328 g/mol. The van der Waals surface area contributed by atoms with Crippen molar-refractivity contribution < 1.29 is 14.3 Å². The lowest BCUT2D eigenvalue weighted by molar-refractivity contribution is -0.131. The molecular formula is C21H26N2O3. The van der Waals surface area contributed by atoms with Crippen LogP contribution in [0.1, 0.15) is 22.3 Å². The number of carbonyl (C=O) groups is 1. The first-order valence-corrected chi connectivity index (χ1v) is 8.88. The molecule has 0 fully saturated rings. The highest BCUT2D eigenvalue weighted by atomic mass is 16.5. The zero-order chi connectivity index (χ0) is 18.5. The number of amides is 1. The van der Waals surface area contributed by atoms with Crippen LogP contribution in [0.25, 0.3) is 0 Å². The van der Waals surface area contributed by atoms with E-state index in [1.165, 1.54) is 16.7 Å². The number of hydrogen-bond donors (Lipinski definition) is 1. The number of nitrogens with one attached hydrogen (secondary N) is 1. The van der Waals surface area contributed by atoms with Gasteiger partial charge in [0.2, 0.25) is 5.91 Å². The van der Waals surface area contributed by atoms with Gasteiger partial charge in [-0.1, -0.05) is 29.8 Å². The third-order valence-electron chi connectivity index (χ3n) is 4.80. The van der Waals surface area contributed by atoms with Crippen LogP contribution >= 0.6 is 0 Å². The van der Waals surface area contributed by atoms with Gasteiger partial charge in [0.15, 0.2) is 11.5 Å². The summed E-state index contributed by atoms with van der Waals surface area (Å²) in [6.45, 7) is 4.45. The van der Waals surface area contributed by atoms with Crippen molar-refractivity contribution in [2.24, 2.45) is 0 Å². The molecule has 1 aliphatic heterocycles. The van der Waals surface area contributed by atoms with Crippen LogP contribution in [-0.2, 0) is 24.3 Å². The predicted octanol–water partition coefficient (Wildman–Crippen LogP) is 2.69. The summed E-state index contributed by atoms with van der Waals surface area (Å²) in [6, 6.07) is 12.3. The van der Waals surface area contributed by atoms with Gasteiger partial charge in [0.25, 0.3) is 0 Å². The van der Waals surface area contributed by atoms with Crippen molar-refractivity contribution in [3.63, 3.8) is 0 Å². The van der Waals surface area contributed by atoms with Crippen molar-refractivity contribution in [3.05, 3.63) is 58.7 Å². The van der Waals surface area contributed by atoms with Gasteiger partial charge in [-0.25, -0.2) is 0 Å². The number of carbonyl (C=O) groups excluding carboxylic acids is 1. The van der Waals surface area contributed by atoms with E-state index in [4.69, 9.17) is 9.47 Å². The highest BCUT2D eigenvalue weighted by Crippen LogP contribution is 2.33. The molecule has 26 heavy (non-hydrogen) atoms. The van der Waals surface area contributed by atoms with E-state index in [0.29, 0.717) is 25.4 Å². The van der Waals surface area contributed by atoms with Crippen molar-refractivity contribution >= 4 is 5.91 Å². The number of hydrogen-bond acceptors (Lipinski definition) is 4. The summed E-state index contributed by atoms with van der Waals surface area (Å²) in [5.41, 5.74) is 4.77. The highest BCUT2D eigenvalue weighted by Gasteiger charge is 2.22. The van der Waals surface area contributed by atoms with Crippen LogP contribution in [0, 0.1) is 6.92 Å². The lowest BCUT2D eigenvalue weighted by atomic mass is 9.98. The average molecular weight is 354 g/mol. The second kappa shape index (κ2) is 8.23. The Morgan fingerprint density at radius 2 is 1.73 bits per heavy atom. The fourth-order valence-corrected chi connectivity index (χ4v) is 3.23. The van der Waals surface area contributed by atoms with Crippen LogP contribution in [0.15, 0.2) is 36.4 Å². The van der Waals surface area contributed by atoms with Crippen molar-refractivity contribution in [2.45, 2.75) is 26.4 Å². The van der Waals surface area contributed by atoms with Crippen LogP contribution in [0.4, 0.5) is 0 Å². The van der Waals surface area contributed by atoms with Crippen molar-refractivity contribution in [1.82, 2.24) is 10.2 Å². The average Bonchev–Trinajstić information content (AvgIpc) is 2.67. The van der Waals surface area contributed by atoms with Gasteiger partial charge in [-0.2, -0.15) is 0 Å². The standard InChI is InChI=1S/C21H26N2O3/c1-15-4-6-16(7-5-15)12-22-13-21(24)23-9-8-17-10-19(25-2)20(26-3)11-18(17)14-23/h4-7,10-11,22H,8-9,12-14H2,1-3H3. The minimum atomic E-state index is 0.123. The maximum absolute atomic E-state index is 12.5. The molecule has 5 heteroatoms. The molecule has 1 amide bonds. The number of nitrogens with zero attached hydrogens (tertiary/aromatic N) is 1. The fraction of sp³-hybridized carbons (Fsp3) is 0.381. The second-order valence-electron chi connectivity index (χ2n) is 6.63. The summed E-state index contributed by atoms with van der Waals surface area (Å²) in [4.78, 5) is 14.4. The molecule has 0 aromatic heterocycles. The lowest BCUT2D eigenvalue weighted by Gasteiger charge is -2.29. The third-order valence-corrected chi connectivity index (χ3v) is 4.80. The Kier molecular flexibility index (Phi) is 5.78. The van der Waals surface area contributed by atoms with Gasteiger partial charge in [0.1, 0.15) is 0 Å². The molecule has 2 aromatic rings. The maximum Gasteiger partial charge on any atom is 0.236 e. The molecule has 2 aromatic carbocycles. The van der Waals surface area contributed by atoms with Crippen LogP contribution in [0.3, 0.4) is 0 Å². The fourth-order valence-electron chi connectivity index (χ4n) is 3.23. The van der Waals surface area contributed by atoms with Gasteiger partial charge >= 0.3 is 0 Å². The number of methoxy groups -OCH3 is 2. The molecule has 0 spiro atoms. The van der Waals surface area contributed by atoms with E-state index in [1.54, 1.807) is 14.2 Å². The van der Waals surface area contributed by atoms with Crippen LogP contribution in [0.2, 0.25) is 0 Å². The van der Waals surface area contributed by atoms with Gasteiger partial charge in [-0.15, -0.1) is 0 Å². The van der Waals surface area contributed by atoms with Crippen LogP contribution in [0.5, 0.6) is 11.5 Å². The Hall–Kier alpha value is -2.53. The summed E-state index contributed by atoms with van der Waals surface area (Å²) in [7, 11) is 3.27. The first kappa shape index (κ1) is 18.3. The zero-order valence-electron chi connectivity index (χ0n) is 15.7. The van der Waals surface area contributed by atoms with Gasteiger partial charge in [-0.3, -0.25) is 4.79 Å². The van der Waals surface area contributed by atoms with E-state index in [1.807, 2.05) is 17.0 Å². The second-order valence-corrected chi connectivity index (χ2v) is 6.63. The Morgan fingerprint density at radius 1 is 1.08 bits per heavy atom. The minimum absolute atomic E-state index is 0.123. The molecule has 1 N–H and O–H groups in total. The molecule has 3 rings (SSSR count). The molecule has 0 unspecified atom stereocenters. The van der Waals surface area contributed by atoms with Gasteiger partial charge < -0.3 is 19.7 Å². The van der Waals surface area contributed by atoms with E-state index < -0.39 is 0 Å². The first-order chi connectivity index (χ1) is 12.6. The van der Waals surface area contributed by atoms with E-state index in [2.05, 4.69) is 36.5 Å². The third kappa shape index (κ3) is 4.17. The molecule has 0 saturated carbocycles. The van der Waals surface area contributed by atoms with Gasteiger partial charge in [0, 0.05) is 19.6 Å². The summed E-state index contributed by atoms with van der Waals surface area (Å²) in [6.07, 6.45) is 0.833. The number of aryl methyl sites for hydroxylation is 1. The summed E-state index contributed by atoms with van der Waals surface area (Å²) >= 11 is 0. The molecule has 0 saturated heterocycles. The monoisotopic (exact) mass is 354 g/mol. The minimum Gasteiger partial charge on any atom is -0.493 e. The number of rotatable bonds is 6. The SMILES string of the molecule is COc1cc2c(cc1OC)CN(C(=O)CNCc1ccc(C)cc1)CC2. The Morgan fingerprint density at radius 3 is 2.38 bits per heavy atom. The number of fused-ring (bicyclic) bond motifs is 1. The predicted molar refractivity (Wildman–Crippen MR) is 102 cm³/mol. The summed E-state index contributed by atoms with van der Waals surface area (Å²) < 4.78 is 10.7. The van der Waals surface area contributed by atoms with E-state index in [-0.39, 0.29) is 5.91 Å². The molecule has 138 valence electrons. The van der Waals surface area contributed by atoms with E-state index >= 15 is 0 Å². The summed E-state index contributed by atoms with van der Waals surface area (Å²) in [5.74, 6) is 1.57. The van der Waals surface area contributed by atoms with Gasteiger partial charge in [0.05, 0.1) is 20.8 Å². The normalized spacial score (nSPS) is 13.3. The van der Waals surface area contributed by atoms with Crippen molar-refractivity contribution in [3.8, 4) is 11.5 Å².